The van der Waals surface area contributed by atoms with Gasteiger partial charge < -0.3 is 0 Å². The average Bonchev–Trinajstić information content (AvgIpc) is 2.06. The van der Waals surface area contributed by atoms with Crippen molar-refractivity contribution >= 4 is 10.1 Å². The third-order valence-electron chi connectivity index (χ3n) is 1.93. The zero-order chi connectivity index (χ0) is 11.6. The molecule has 0 aliphatic carbocycles. The molecule has 0 heterocycles. The van der Waals surface area contributed by atoms with E-state index >= 15 is 0 Å². The second-order valence-electron chi connectivity index (χ2n) is 3.87. The minimum atomic E-state index is -3.61. The minimum absolute atomic E-state index is 0.260. The van der Waals surface area contributed by atoms with Crippen LogP contribution in [0.2, 0.25) is 0 Å². The fourth-order valence-corrected chi connectivity index (χ4v) is 2.68. The topological polar surface area (TPSA) is 43.4 Å². The average molecular weight is 228 g/mol. The molecule has 0 bridgehead atoms. The van der Waals surface area contributed by atoms with Crippen molar-refractivity contribution in [2.45, 2.75) is 38.7 Å². The molecule has 0 amide bonds. The van der Waals surface area contributed by atoms with E-state index in [2.05, 4.69) is 0 Å². The smallest absolute Gasteiger partial charge is 0.264 e. The predicted molar refractivity (Wildman–Crippen MR) is 59.3 cm³/mol. The van der Waals surface area contributed by atoms with E-state index in [1.165, 1.54) is 0 Å². The predicted octanol–water partition coefficient (Wildman–Crippen LogP) is 2.42. The van der Waals surface area contributed by atoms with Crippen LogP contribution in [0.3, 0.4) is 0 Å². The molecule has 1 aromatic carbocycles. The fourth-order valence-electron chi connectivity index (χ4n) is 1.28. The van der Waals surface area contributed by atoms with Gasteiger partial charge in [-0.3, -0.25) is 4.18 Å². The van der Waals surface area contributed by atoms with E-state index in [9.17, 15) is 8.42 Å². The maximum Gasteiger partial charge on any atom is 0.297 e. The molecule has 0 atom stereocenters. The SMILES string of the molecule is Cc1ccc(C)c(S(=O)(=O)OC(C)C)c1. The molecule has 15 heavy (non-hydrogen) atoms. The summed E-state index contributed by atoms with van der Waals surface area (Å²) < 4.78 is 28.5. The monoisotopic (exact) mass is 228 g/mol. The molecule has 0 fully saturated rings. The van der Waals surface area contributed by atoms with Crippen molar-refractivity contribution in [1.29, 1.82) is 0 Å². The van der Waals surface area contributed by atoms with Gasteiger partial charge in [0.25, 0.3) is 10.1 Å². The molecule has 1 rings (SSSR count). The number of aryl methyl sites for hydroxylation is 2. The lowest BCUT2D eigenvalue weighted by atomic mass is 10.2. The van der Waals surface area contributed by atoms with Gasteiger partial charge in [-0.1, -0.05) is 12.1 Å². The van der Waals surface area contributed by atoms with Crippen LogP contribution < -0.4 is 0 Å². The second kappa shape index (κ2) is 4.33. The largest absolute Gasteiger partial charge is 0.297 e. The van der Waals surface area contributed by atoms with E-state index in [0.717, 1.165) is 5.56 Å². The third kappa shape index (κ3) is 3.04. The van der Waals surface area contributed by atoms with Crippen molar-refractivity contribution in [2.24, 2.45) is 0 Å². The van der Waals surface area contributed by atoms with Gasteiger partial charge in [0.05, 0.1) is 11.0 Å². The van der Waals surface area contributed by atoms with E-state index in [-0.39, 0.29) is 11.0 Å². The summed E-state index contributed by atoms with van der Waals surface area (Å²) in [7, 11) is -3.61. The van der Waals surface area contributed by atoms with Crippen LogP contribution in [0.15, 0.2) is 23.1 Å². The van der Waals surface area contributed by atoms with Crippen LogP contribution in [0.4, 0.5) is 0 Å². The Hall–Kier alpha value is -0.870. The molecule has 0 radical (unpaired) electrons. The van der Waals surface area contributed by atoms with Crippen molar-refractivity contribution < 1.29 is 12.6 Å². The van der Waals surface area contributed by atoms with E-state index in [0.29, 0.717) is 5.56 Å². The summed E-state index contributed by atoms with van der Waals surface area (Å²) in [5.74, 6) is 0. The lowest BCUT2D eigenvalue weighted by Crippen LogP contribution is -2.13. The molecule has 0 N–H and O–H groups in total. The van der Waals surface area contributed by atoms with Gasteiger partial charge in [0.15, 0.2) is 0 Å². The van der Waals surface area contributed by atoms with Gasteiger partial charge in [0, 0.05) is 0 Å². The Labute approximate surface area is 91.2 Å². The van der Waals surface area contributed by atoms with Crippen molar-refractivity contribution in [1.82, 2.24) is 0 Å². The summed E-state index contributed by atoms with van der Waals surface area (Å²) in [6.45, 7) is 7.01. The first-order valence-corrected chi connectivity index (χ1v) is 6.24. The van der Waals surface area contributed by atoms with E-state index < -0.39 is 10.1 Å². The molecule has 84 valence electrons. The van der Waals surface area contributed by atoms with Crippen molar-refractivity contribution in [2.75, 3.05) is 0 Å². The van der Waals surface area contributed by atoms with Crippen LogP contribution >= 0.6 is 0 Å². The summed E-state index contributed by atoms with van der Waals surface area (Å²) in [5.41, 5.74) is 1.62. The van der Waals surface area contributed by atoms with Crippen LogP contribution in [0.5, 0.6) is 0 Å². The zero-order valence-electron chi connectivity index (χ0n) is 9.44. The van der Waals surface area contributed by atoms with Crippen LogP contribution in [0.25, 0.3) is 0 Å². The van der Waals surface area contributed by atoms with Crippen molar-refractivity contribution in [3.05, 3.63) is 29.3 Å². The normalized spacial score (nSPS) is 12.1. The molecule has 0 aliphatic heterocycles. The lowest BCUT2D eigenvalue weighted by molar-refractivity contribution is 0.248. The van der Waals surface area contributed by atoms with Gasteiger partial charge in [-0.05, 0) is 44.9 Å². The molecule has 0 unspecified atom stereocenters. The quantitative estimate of drug-likeness (QED) is 0.746. The van der Waals surface area contributed by atoms with Gasteiger partial charge in [0.2, 0.25) is 0 Å². The standard InChI is InChI=1S/C11H16O3S/c1-8(2)14-15(12,13)11-7-9(3)5-6-10(11)4/h5-8H,1-4H3. The maximum atomic E-state index is 11.8. The van der Waals surface area contributed by atoms with Gasteiger partial charge in [0.1, 0.15) is 0 Å². The van der Waals surface area contributed by atoms with Crippen LogP contribution in [-0.2, 0) is 14.3 Å². The maximum absolute atomic E-state index is 11.8. The molecule has 0 saturated carbocycles. The Kier molecular flexibility index (Phi) is 3.52. The zero-order valence-corrected chi connectivity index (χ0v) is 10.3. The summed E-state index contributed by atoms with van der Waals surface area (Å²) in [4.78, 5) is 0.260. The molecule has 3 nitrogen and oxygen atoms in total. The highest BCUT2D eigenvalue weighted by atomic mass is 32.2. The van der Waals surface area contributed by atoms with Crippen LogP contribution in [0.1, 0.15) is 25.0 Å². The first-order valence-electron chi connectivity index (χ1n) is 4.83. The number of benzene rings is 1. The summed E-state index contributed by atoms with van der Waals surface area (Å²) >= 11 is 0. The van der Waals surface area contributed by atoms with Gasteiger partial charge in [-0.15, -0.1) is 0 Å². The van der Waals surface area contributed by atoms with E-state index in [1.54, 1.807) is 32.9 Å². The number of hydrogen-bond acceptors (Lipinski definition) is 3. The van der Waals surface area contributed by atoms with E-state index in [4.69, 9.17) is 4.18 Å². The lowest BCUT2D eigenvalue weighted by Gasteiger charge is -2.11. The Morgan fingerprint density at radius 2 is 1.80 bits per heavy atom. The van der Waals surface area contributed by atoms with Gasteiger partial charge in [-0.25, -0.2) is 0 Å². The van der Waals surface area contributed by atoms with E-state index in [1.807, 2.05) is 13.0 Å². The van der Waals surface area contributed by atoms with Crippen LogP contribution in [0, 0.1) is 13.8 Å². The molecular weight excluding hydrogens is 212 g/mol. The first-order chi connectivity index (χ1) is 6.83. The highest BCUT2D eigenvalue weighted by Gasteiger charge is 2.19. The fraction of sp³-hybridized carbons (Fsp3) is 0.455. The Balaban J connectivity index is 3.21. The molecule has 0 aliphatic rings. The third-order valence-corrected chi connectivity index (χ3v) is 3.55. The molecule has 4 heteroatoms. The van der Waals surface area contributed by atoms with Gasteiger partial charge in [-0.2, -0.15) is 8.42 Å². The van der Waals surface area contributed by atoms with Crippen molar-refractivity contribution in [3.8, 4) is 0 Å². The van der Waals surface area contributed by atoms with Crippen LogP contribution in [-0.4, -0.2) is 14.5 Å². The summed E-state index contributed by atoms with van der Waals surface area (Å²) in [6.07, 6.45) is -0.338. The summed E-state index contributed by atoms with van der Waals surface area (Å²) in [5, 5.41) is 0. The Bertz CT molecular complexity index is 447. The number of hydrogen-bond donors (Lipinski definition) is 0. The Morgan fingerprint density at radius 3 is 2.33 bits per heavy atom. The Morgan fingerprint density at radius 1 is 1.20 bits per heavy atom. The summed E-state index contributed by atoms with van der Waals surface area (Å²) in [6, 6.07) is 5.29. The highest BCUT2D eigenvalue weighted by molar-refractivity contribution is 7.86. The number of rotatable bonds is 3. The molecule has 0 saturated heterocycles. The second-order valence-corrected chi connectivity index (χ2v) is 5.41. The van der Waals surface area contributed by atoms with Crippen molar-refractivity contribution in [3.63, 3.8) is 0 Å². The molecular formula is C11H16O3S. The molecule has 0 spiro atoms. The van der Waals surface area contributed by atoms with Gasteiger partial charge >= 0.3 is 0 Å². The highest BCUT2D eigenvalue weighted by Crippen LogP contribution is 2.19. The minimum Gasteiger partial charge on any atom is -0.264 e. The first kappa shape index (κ1) is 12.2. The molecule has 1 aromatic rings. The molecule has 0 aromatic heterocycles.